The molecule has 0 saturated carbocycles. The van der Waals surface area contributed by atoms with E-state index in [2.05, 4.69) is 10.6 Å². The van der Waals surface area contributed by atoms with Gasteiger partial charge in [-0.15, -0.1) is 0 Å². The van der Waals surface area contributed by atoms with Crippen molar-refractivity contribution in [3.63, 3.8) is 0 Å². The van der Waals surface area contributed by atoms with Gasteiger partial charge < -0.3 is 15.7 Å². The number of hydrogen-bond donors (Lipinski definition) is 3. The number of amides is 2. The maximum absolute atomic E-state index is 11.7. The molecule has 0 bridgehead atoms. The molecule has 1 aromatic carbocycles. The molecule has 1 rings (SSSR count). The van der Waals surface area contributed by atoms with Crippen LogP contribution in [0.2, 0.25) is 10.0 Å². The maximum Gasteiger partial charge on any atom is 0.319 e. The largest absolute Gasteiger partial charge is 0.481 e. The van der Waals surface area contributed by atoms with E-state index in [1.54, 1.807) is 26.0 Å². The number of urea groups is 1. The minimum atomic E-state index is -1.00. The van der Waals surface area contributed by atoms with Crippen LogP contribution in [-0.4, -0.2) is 23.7 Å². The van der Waals surface area contributed by atoms with Crippen molar-refractivity contribution in [1.82, 2.24) is 5.32 Å². The van der Waals surface area contributed by atoms with Gasteiger partial charge in [-0.1, -0.05) is 30.1 Å². The first-order valence-corrected chi connectivity index (χ1v) is 6.77. The summed E-state index contributed by atoms with van der Waals surface area (Å²) < 4.78 is 0. The Hall–Kier alpha value is -1.46. The number of aliphatic carboxylic acids is 1. The molecule has 0 aliphatic carbocycles. The summed E-state index contributed by atoms with van der Waals surface area (Å²) in [7, 11) is 0. The third-order valence-corrected chi connectivity index (χ3v) is 3.68. The number of carbonyl (C=O) groups is 2. The molecular weight excluding hydrogens is 303 g/mol. The van der Waals surface area contributed by atoms with E-state index in [1.165, 1.54) is 6.07 Å². The number of halogens is 2. The molecule has 3 N–H and O–H groups in total. The first-order chi connectivity index (χ1) is 9.28. The van der Waals surface area contributed by atoms with Crippen LogP contribution in [-0.2, 0) is 4.79 Å². The summed E-state index contributed by atoms with van der Waals surface area (Å²) in [5, 5.41) is 14.9. The Morgan fingerprint density at radius 3 is 2.55 bits per heavy atom. The highest BCUT2D eigenvalue weighted by atomic mass is 35.5. The minimum Gasteiger partial charge on any atom is -0.481 e. The zero-order chi connectivity index (χ0) is 15.3. The molecule has 0 aromatic heterocycles. The highest BCUT2D eigenvalue weighted by Gasteiger charge is 2.31. The van der Waals surface area contributed by atoms with Crippen LogP contribution in [0.25, 0.3) is 0 Å². The van der Waals surface area contributed by atoms with Crippen molar-refractivity contribution in [2.45, 2.75) is 20.3 Å². The van der Waals surface area contributed by atoms with E-state index in [0.29, 0.717) is 22.2 Å². The molecule has 0 spiro atoms. The third-order valence-electron chi connectivity index (χ3n) is 3.11. The Labute approximate surface area is 127 Å². The lowest BCUT2D eigenvalue weighted by Crippen LogP contribution is -2.42. The highest BCUT2D eigenvalue weighted by molar-refractivity contribution is 6.35. The number of anilines is 1. The third kappa shape index (κ3) is 4.28. The number of carboxylic acid groups (broad SMARTS) is 1. The molecule has 1 atom stereocenters. The standard InChI is InChI=1S/C13H16Cl2N2O3/c1-3-13(2,11(18)19)7-16-12(20)17-10-6-8(14)4-5-9(10)15/h4-6H,3,7H2,1-2H3,(H,18,19)(H2,16,17,20). The van der Waals surface area contributed by atoms with Crippen LogP contribution in [0.3, 0.4) is 0 Å². The number of hydrogen-bond acceptors (Lipinski definition) is 2. The SMILES string of the molecule is CCC(C)(CNC(=O)Nc1cc(Cl)ccc1Cl)C(=O)O. The van der Waals surface area contributed by atoms with Gasteiger partial charge in [-0.3, -0.25) is 4.79 Å². The summed E-state index contributed by atoms with van der Waals surface area (Å²) in [6.45, 7) is 3.34. The fourth-order valence-electron chi connectivity index (χ4n) is 1.39. The van der Waals surface area contributed by atoms with Gasteiger partial charge in [0.15, 0.2) is 0 Å². The Bertz CT molecular complexity index is 522. The van der Waals surface area contributed by atoms with E-state index >= 15 is 0 Å². The average Bonchev–Trinajstić information content (AvgIpc) is 2.40. The van der Waals surface area contributed by atoms with Crippen molar-refractivity contribution in [2.24, 2.45) is 5.41 Å². The predicted molar refractivity (Wildman–Crippen MR) is 79.5 cm³/mol. The van der Waals surface area contributed by atoms with Gasteiger partial charge in [0.25, 0.3) is 0 Å². The molecule has 0 aliphatic rings. The van der Waals surface area contributed by atoms with Crippen molar-refractivity contribution in [3.8, 4) is 0 Å². The average molecular weight is 319 g/mol. The van der Waals surface area contributed by atoms with Crippen LogP contribution in [0.4, 0.5) is 10.5 Å². The van der Waals surface area contributed by atoms with Gasteiger partial charge in [0.2, 0.25) is 0 Å². The second-order valence-corrected chi connectivity index (χ2v) is 5.49. The van der Waals surface area contributed by atoms with E-state index < -0.39 is 17.4 Å². The lowest BCUT2D eigenvalue weighted by atomic mass is 9.88. The molecule has 20 heavy (non-hydrogen) atoms. The van der Waals surface area contributed by atoms with Gasteiger partial charge in [-0.05, 0) is 31.5 Å². The Morgan fingerprint density at radius 2 is 2.00 bits per heavy atom. The summed E-state index contributed by atoms with van der Waals surface area (Å²) >= 11 is 11.7. The predicted octanol–water partition coefficient (Wildman–Crippen LogP) is 3.62. The molecule has 0 aliphatic heterocycles. The van der Waals surface area contributed by atoms with Gasteiger partial charge in [0, 0.05) is 11.6 Å². The smallest absolute Gasteiger partial charge is 0.319 e. The number of benzene rings is 1. The molecule has 1 unspecified atom stereocenters. The van der Waals surface area contributed by atoms with Gasteiger partial charge in [-0.25, -0.2) is 4.79 Å². The van der Waals surface area contributed by atoms with E-state index in [1.807, 2.05) is 0 Å². The molecule has 0 fully saturated rings. The molecule has 0 heterocycles. The first-order valence-electron chi connectivity index (χ1n) is 6.02. The van der Waals surface area contributed by atoms with Crippen molar-refractivity contribution in [2.75, 3.05) is 11.9 Å². The first kappa shape index (κ1) is 16.6. The van der Waals surface area contributed by atoms with Crippen molar-refractivity contribution in [3.05, 3.63) is 28.2 Å². The number of rotatable bonds is 5. The molecule has 2 amide bonds. The fourth-order valence-corrected chi connectivity index (χ4v) is 1.72. The van der Waals surface area contributed by atoms with Crippen molar-refractivity contribution in [1.29, 1.82) is 0 Å². The van der Waals surface area contributed by atoms with Crippen LogP contribution < -0.4 is 10.6 Å². The van der Waals surface area contributed by atoms with E-state index in [4.69, 9.17) is 28.3 Å². The zero-order valence-electron chi connectivity index (χ0n) is 11.2. The van der Waals surface area contributed by atoms with Crippen LogP contribution in [0.15, 0.2) is 18.2 Å². The lowest BCUT2D eigenvalue weighted by Gasteiger charge is -2.23. The van der Waals surface area contributed by atoms with Crippen LogP contribution >= 0.6 is 23.2 Å². The Balaban J connectivity index is 2.65. The Morgan fingerprint density at radius 1 is 1.35 bits per heavy atom. The quantitative estimate of drug-likeness (QED) is 0.775. The normalized spacial score (nSPS) is 13.4. The zero-order valence-corrected chi connectivity index (χ0v) is 12.7. The molecule has 5 nitrogen and oxygen atoms in total. The van der Waals surface area contributed by atoms with Crippen LogP contribution in [0, 0.1) is 5.41 Å². The monoisotopic (exact) mass is 318 g/mol. The number of carbonyl (C=O) groups excluding carboxylic acids is 1. The van der Waals surface area contributed by atoms with E-state index in [9.17, 15) is 9.59 Å². The van der Waals surface area contributed by atoms with E-state index in [-0.39, 0.29) is 6.54 Å². The second kappa shape index (κ2) is 6.81. The number of carboxylic acids is 1. The molecule has 0 saturated heterocycles. The van der Waals surface area contributed by atoms with Gasteiger partial charge in [0.05, 0.1) is 16.1 Å². The molecular formula is C13H16Cl2N2O3. The number of nitrogens with one attached hydrogen (secondary N) is 2. The van der Waals surface area contributed by atoms with Crippen molar-refractivity contribution >= 4 is 40.9 Å². The summed E-state index contributed by atoms with van der Waals surface area (Å²) in [5.41, 5.74) is -0.639. The minimum absolute atomic E-state index is 0.0167. The molecule has 7 heteroatoms. The molecule has 1 aromatic rings. The summed E-state index contributed by atoms with van der Waals surface area (Å²) in [4.78, 5) is 22.9. The Kier molecular flexibility index (Phi) is 5.65. The molecule has 0 radical (unpaired) electrons. The van der Waals surface area contributed by atoms with E-state index in [0.717, 1.165) is 0 Å². The highest BCUT2D eigenvalue weighted by Crippen LogP contribution is 2.25. The van der Waals surface area contributed by atoms with Gasteiger partial charge in [0.1, 0.15) is 0 Å². The van der Waals surface area contributed by atoms with Crippen LogP contribution in [0.5, 0.6) is 0 Å². The van der Waals surface area contributed by atoms with Crippen molar-refractivity contribution < 1.29 is 14.7 Å². The maximum atomic E-state index is 11.7. The summed E-state index contributed by atoms with van der Waals surface area (Å²) in [6.07, 6.45) is 0.403. The topological polar surface area (TPSA) is 78.4 Å². The molecule has 110 valence electrons. The summed E-state index contributed by atoms with van der Waals surface area (Å²) in [5.74, 6) is -0.957. The van der Waals surface area contributed by atoms with Crippen LogP contribution in [0.1, 0.15) is 20.3 Å². The van der Waals surface area contributed by atoms with Gasteiger partial charge >= 0.3 is 12.0 Å². The van der Waals surface area contributed by atoms with Gasteiger partial charge in [-0.2, -0.15) is 0 Å². The summed E-state index contributed by atoms with van der Waals surface area (Å²) in [6, 6.07) is 4.15. The fraction of sp³-hybridized carbons (Fsp3) is 0.385. The lowest BCUT2D eigenvalue weighted by molar-refractivity contribution is -0.147. The second-order valence-electron chi connectivity index (χ2n) is 4.65.